The maximum atomic E-state index is 10.6. The van der Waals surface area contributed by atoms with Gasteiger partial charge in [0.2, 0.25) is 5.95 Å². The Kier molecular flexibility index (Phi) is 11.5. The van der Waals surface area contributed by atoms with E-state index >= 15 is 0 Å². The van der Waals surface area contributed by atoms with Crippen LogP contribution in [0.4, 0.5) is 5.95 Å². The fourth-order valence-electron chi connectivity index (χ4n) is 3.62. The number of anilines is 1. The molecule has 0 aliphatic carbocycles. The van der Waals surface area contributed by atoms with Gasteiger partial charge in [0, 0.05) is 43.5 Å². The van der Waals surface area contributed by atoms with Gasteiger partial charge in [0.15, 0.2) is 0 Å². The summed E-state index contributed by atoms with van der Waals surface area (Å²) in [5.74, 6) is 0.886. The molecule has 1 aromatic carbocycles. The number of benzene rings is 1. The minimum atomic E-state index is 0.282. The van der Waals surface area contributed by atoms with Crippen LogP contribution in [0, 0.1) is 11.3 Å². The molecule has 4 rings (SSSR count). The van der Waals surface area contributed by atoms with Gasteiger partial charge < -0.3 is 15.5 Å². The van der Waals surface area contributed by atoms with Gasteiger partial charge in [-0.25, -0.2) is 9.97 Å². The summed E-state index contributed by atoms with van der Waals surface area (Å²) < 4.78 is 0. The fourth-order valence-corrected chi connectivity index (χ4v) is 3.62. The van der Waals surface area contributed by atoms with Gasteiger partial charge in [0.05, 0.1) is 11.2 Å². The summed E-state index contributed by atoms with van der Waals surface area (Å²) in [6.45, 7) is 8.86. The minimum Gasteiger partial charge on any atom is -0.357 e. The van der Waals surface area contributed by atoms with Gasteiger partial charge in [-0.05, 0) is 62.2 Å². The summed E-state index contributed by atoms with van der Waals surface area (Å²) in [6.07, 6.45) is 9.96. The van der Waals surface area contributed by atoms with Gasteiger partial charge in [-0.3, -0.25) is 9.88 Å². The first-order valence-electron chi connectivity index (χ1n) is 11.9. The van der Waals surface area contributed by atoms with Crippen LogP contribution in [0.5, 0.6) is 0 Å². The molecular weight excluding hydrogens is 424 g/mol. The molecule has 0 radical (unpaired) electrons. The van der Waals surface area contributed by atoms with Crippen LogP contribution in [0.3, 0.4) is 0 Å². The number of hydrogen-bond acceptors (Lipinski definition) is 7. The van der Waals surface area contributed by atoms with Crippen LogP contribution in [0.2, 0.25) is 0 Å². The maximum absolute atomic E-state index is 10.6. The summed E-state index contributed by atoms with van der Waals surface area (Å²) >= 11 is 0. The molecule has 1 saturated heterocycles. The number of likely N-dealkylation sites (tertiary alicyclic amines) is 1. The van der Waals surface area contributed by atoms with Crippen molar-refractivity contribution in [3.05, 3.63) is 66.1 Å². The van der Waals surface area contributed by atoms with Crippen LogP contribution in [-0.2, 0) is 11.3 Å². The van der Waals surface area contributed by atoms with Crippen molar-refractivity contribution in [3.8, 4) is 0 Å². The van der Waals surface area contributed by atoms with Gasteiger partial charge in [0.1, 0.15) is 6.29 Å². The van der Waals surface area contributed by atoms with Gasteiger partial charge in [-0.2, -0.15) is 0 Å². The largest absolute Gasteiger partial charge is 0.357 e. The molecule has 1 fully saturated rings. The molecule has 0 bridgehead atoms. The van der Waals surface area contributed by atoms with Crippen molar-refractivity contribution in [2.24, 2.45) is 5.92 Å². The third kappa shape index (κ3) is 7.85. The predicted molar refractivity (Wildman–Crippen MR) is 141 cm³/mol. The van der Waals surface area contributed by atoms with E-state index in [0.29, 0.717) is 5.95 Å². The molecule has 7 heteroatoms. The monoisotopic (exact) mass is 460 g/mol. The highest BCUT2D eigenvalue weighted by atomic mass is 16.1. The molecule has 1 aliphatic rings. The second-order valence-electron chi connectivity index (χ2n) is 7.68. The number of carbonyl (C=O) groups excluding carboxylic acids is 1. The average Bonchev–Trinajstić information content (AvgIpc) is 2.91. The van der Waals surface area contributed by atoms with Gasteiger partial charge in [-0.15, -0.1) is 0 Å². The van der Waals surface area contributed by atoms with Crippen molar-refractivity contribution in [2.45, 2.75) is 40.2 Å². The molecule has 2 aromatic heterocycles. The molecule has 34 heavy (non-hydrogen) atoms. The Morgan fingerprint density at radius 3 is 2.53 bits per heavy atom. The van der Waals surface area contributed by atoms with Crippen LogP contribution in [0.15, 0.2) is 54.9 Å². The lowest BCUT2D eigenvalue weighted by Crippen LogP contribution is -2.33. The van der Waals surface area contributed by atoms with Crippen molar-refractivity contribution >= 4 is 34.9 Å². The minimum absolute atomic E-state index is 0.282. The van der Waals surface area contributed by atoms with E-state index < -0.39 is 0 Å². The molecule has 0 saturated carbocycles. The van der Waals surface area contributed by atoms with Gasteiger partial charge >= 0.3 is 0 Å². The molecule has 0 amide bonds. The number of piperidine rings is 1. The first-order chi connectivity index (χ1) is 16.7. The zero-order valence-corrected chi connectivity index (χ0v) is 20.7. The Balaban J connectivity index is 0.000000225. The van der Waals surface area contributed by atoms with Gasteiger partial charge in [0.25, 0.3) is 0 Å². The molecule has 0 spiro atoms. The Bertz CT molecular complexity index is 1060. The van der Waals surface area contributed by atoms with Crippen LogP contribution < -0.4 is 5.32 Å². The summed E-state index contributed by atoms with van der Waals surface area (Å²) in [7, 11) is 1.79. The highest BCUT2D eigenvalue weighted by molar-refractivity contribution is 6.09. The molecule has 0 unspecified atom stereocenters. The van der Waals surface area contributed by atoms with Crippen molar-refractivity contribution in [1.29, 1.82) is 5.41 Å². The number of carbonyl (C=O) groups is 1. The number of pyridine rings is 1. The first-order valence-corrected chi connectivity index (χ1v) is 11.9. The molecule has 2 N–H and O–H groups in total. The third-order valence-electron chi connectivity index (χ3n) is 5.54. The number of nitrogens with one attached hydrogen (secondary N) is 2. The maximum Gasteiger partial charge on any atom is 0.222 e. The SMILES string of the molecule is C/C=C(\C=N)c1ccc2cnc(NC)nc2c1.CC.O=CC1CCN(Cc2ccccn2)CC1. The lowest BCUT2D eigenvalue weighted by atomic mass is 9.98. The Morgan fingerprint density at radius 2 is 1.94 bits per heavy atom. The van der Waals surface area contributed by atoms with E-state index in [1.807, 2.05) is 69.4 Å². The smallest absolute Gasteiger partial charge is 0.222 e. The Morgan fingerprint density at radius 1 is 1.18 bits per heavy atom. The lowest BCUT2D eigenvalue weighted by Gasteiger charge is -2.29. The van der Waals surface area contributed by atoms with Crippen molar-refractivity contribution in [3.63, 3.8) is 0 Å². The second-order valence-corrected chi connectivity index (χ2v) is 7.68. The van der Waals surface area contributed by atoms with E-state index in [1.165, 1.54) is 6.21 Å². The van der Waals surface area contributed by atoms with E-state index in [2.05, 4.69) is 25.2 Å². The zero-order chi connectivity index (χ0) is 24.8. The van der Waals surface area contributed by atoms with E-state index in [9.17, 15) is 4.79 Å². The van der Waals surface area contributed by atoms with Gasteiger partial charge in [-0.1, -0.05) is 38.1 Å². The summed E-state index contributed by atoms with van der Waals surface area (Å²) in [5, 5.41) is 11.3. The number of aldehydes is 1. The molecule has 3 aromatic rings. The molecule has 180 valence electrons. The zero-order valence-electron chi connectivity index (χ0n) is 20.7. The van der Waals surface area contributed by atoms with E-state index in [-0.39, 0.29) is 5.92 Å². The van der Waals surface area contributed by atoms with E-state index in [0.717, 1.165) is 66.5 Å². The number of nitrogens with zero attached hydrogens (tertiary/aromatic N) is 4. The summed E-state index contributed by atoms with van der Waals surface area (Å²) in [5.41, 5.74) is 3.87. The number of aromatic nitrogens is 3. The molecule has 1 aliphatic heterocycles. The second kappa shape index (κ2) is 14.6. The summed E-state index contributed by atoms with van der Waals surface area (Å²) in [6, 6.07) is 11.9. The quantitative estimate of drug-likeness (QED) is 0.386. The highest BCUT2D eigenvalue weighted by Crippen LogP contribution is 2.19. The average molecular weight is 461 g/mol. The van der Waals surface area contributed by atoms with Crippen LogP contribution in [0.25, 0.3) is 16.5 Å². The molecule has 3 heterocycles. The number of rotatable bonds is 6. The normalized spacial score (nSPS) is 14.3. The summed E-state index contributed by atoms with van der Waals surface area (Å²) in [4.78, 5) is 25.8. The number of allylic oxidation sites excluding steroid dienone is 2. The standard InChI is InChI=1S/C13H14N4.C12H16N2O.C2H6/c1-3-9(7-14)10-4-5-11-8-16-13(15-2)17-12(11)6-10;15-10-11-4-7-14(8-5-11)9-12-3-1-2-6-13-12;1-2/h3-8,14H,1-2H3,(H,15,16,17);1-3,6,10-11H,4-5,7-9H2;1-2H3/b9-3+,14-7?;;. The topological polar surface area (TPSA) is 94.9 Å². The lowest BCUT2D eigenvalue weighted by molar-refractivity contribution is -0.112. The van der Waals surface area contributed by atoms with Crippen LogP contribution in [-0.4, -0.2) is 52.5 Å². The molecular formula is C27H36N6O. The molecule has 0 atom stereocenters. The number of hydrogen-bond donors (Lipinski definition) is 2. The Hall–Kier alpha value is -3.45. The first kappa shape index (κ1) is 26.8. The predicted octanol–water partition coefficient (Wildman–Crippen LogP) is 5.24. The van der Waals surface area contributed by atoms with E-state index in [4.69, 9.17) is 5.41 Å². The van der Waals surface area contributed by atoms with E-state index in [1.54, 1.807) is 13.2 Å². The van der Waals surface area contributed by atoms with Crippen molar-refractivity contribution in [2.75, 3.05) is 25.5 Å². The number of fused-ring (bicyclic) bond motifs is 1. The fraction of sp³-hybridized carbons (Fsp3) is 0.370. The van der Waals surface area contributed by atoms with Crippen molar-refractivity contribution in [1.82, 2.24) is 19.9 Å². The molecule has 7 nitrogen and oxygen atoms in total. The third-order valence-corrected chi connectivity index (χ3v) is 5.54. The Labute approximate surface area is 202 Å². The van der Waals surface area contributed by atoms with Crippen molar-refractivity contribution < 1.29 is 4.79 Å². The highest BCUT2D eigenvalue weighted by Gasteiger charge is 2.18. The van der Waals surface area contributed by atoms with Crippen LogP contribution in [0.1, 0.15) is 44.9 Å². The van der Waals surface area contributed by atoms with Crippen LogP contribution >= 0.6 is 0 Å².